The van der Waals surface area contributed by atoms with Crippen LogP contribution in [0, 0.1) is 0 Å². The lowest BCUT2D eigenvalue weighted by atomic mass is 10.1. The van der Waals surface area contributed by atoms with Crippen LogP contribution in [0.4, 0.5) is 0 Å². The zero-order valence-corrected chi connectivity index (χ0v) is 8.50. The molecule has 0 aliphatic carbocycles. The minimum absolute atomic E-state index is 0.625. The van der Waals surface area contributed by atoms with Crippen molar-refractivity contribution in [1.82, 2.24) is 0 Å². The summed E-state index contributed by atoms with van der Waals surface area (Å²) in [7, 11) is 0. The molecule has 0 rings (SSSR count). The zero-order chi connectivity index (χ0) is 7.82. The molecule has 2 heteroatoms. The van der Waals surface area contributed by atoms with Crippen molar-refractivity contribution in [1.29, 1.82) is 0 Å². The van der Waals surface area contributed by atoms with E-state index in [4.69, 9.17) is 0 Å². The number of hydrogen-bond acceptors (Lipinski definition) is 2. The molecule has 0 aromatic heterocycles. The summed E-state index contributed by atoms with van der Waals surface area (Å²) in [6, 6.07) is 0. The molecule has 0 N–H and O–H groups in total. The summed E-state index contributed by atoms with van der Waals surface area (Å²) in [5.74, 6) is 1.03. The van der Waals surface area contributed by atoms with Crippen molar-refractivity contribution in [2.24, 2.45) is 0 Å². The Hall–Kier alpha value is 0.700. The SMILES string of the molecule is CCC(S)CCCCCS. The van der Waals surface area contributed by atoms with Gasteiger partial charge in [-0.3, -0.25) is 0 Å². The summed E-state index contributed by atoms with van der Waals surface area (Å²) in [5, 5.41) is 0.625. The van der Waals surface area contributed by atoms with E-state index < -0.39 is 0 Å². The molecule has 1 atom stereocenters. The maximum atomic E-state index is 4.41. The van der Waals surface area contributed by atoms with Crippen LogP contribution in [-0.4, -0.2) is 11.0 Å². The molecule has 0 aliphatic rings. The summed E-state index contributed by atoms with van der Waals surface area (Å²) >= 11 is 8.56. The fourth-order valence-electron chi connectivity index (χ4n) is 0.873. The van der Waals surface area contributed by atoms with Crippen molar-refractivity contribution in [3.8, 4) is 0 Å². The molecule has 62 valence electrons. The van der Waals surface area contributed by atoms with E-state index in [-0.39, 0.29) is 0 Å². The first kappa shape index (κ1) is 10.7. The summed E-state index contributed by atoms with van der Waals surface area (Å²) in [6.45, 7) is 2.19. The summed E-state index contributed by atoms with van der Waals surface area (Å²) < 4.78 is 0. The summed E-state index contributed by atoms with van der Waals surface area (Å²) in [4.78, 5) is 0. The van der Waals surface area contributed by atoms with E-state index in [1.165, 1.54) is 32.1 Å². The van der Waals surface area contributed by atoms with Crippen LogP contribution in [0.15, 0.2) is 0 Å². The topological polar surface area (TPSA) is 0 Å². The lowest BCUT2D eigenvalue weighted by molar-refractivity contribution is 0.641. The fraction of sp³-hybridized carbons (Fsp3) is 1.00. The highest BCUT2D eigenvalue weighted by molar-refractivity contribution is 7.81. The minimum Gasteiger partial charge on any atom is -0.179 e. The molecule has 0 heterocycles. The van der Waals surface area contributed by atoms with Crippen LogP contribution in [0.3, 0.4) is 0 Å². The summed E-state index contributed by atoms with van der Waals surface area (Å²) in [5.41, 5.74) is 0. The zero-order valence-electron chi connectivity index (χ0n) is 6.71. The van der Waals surface area contributed by atoms with Crippen molar-refractivity contribution >= 4 is 25.3 Å². The highest BCUT2D eigenvalue weighted by atomic mass is 32.1. The standard InChI is InChI=1S/C8H18S2/c1-2-8(10)6-4-3-5-7-9/h8-10H,2-7H2,1H3. The monoisotopic (exact) mass is 178 g/mol. The normalized spacial score (nSPS) is 13.5. The summed E-state index contributed by atoms with van der Waals surface area (Å²) in [6.07, 6.45) is 6.37. The first-order valence-electron chi connectivity index (χ1n) is 4.10. The second kappa shape index (κ2) is 7.80. The molecule has 0 saturated heterocycles. The van der Waals surface area contributed by atoms with E-state index in [1.807, 2.05) is 0 Å². The Bertz CT molecular complexity index is 64.3. The predicted molar refractivity (Wildman–Crippen MR) is 55.4 cm³/mol. The van der Waals surface area contributed by atoms with Gasteiger partial charge < -0.3 is 0 Å². The van der Waals surface area contributed by atoms with Crippen LogP contribution in [0.2, 0.25) is 0 Å². The van der Waals surface area contributed by atoms with Crippen LogP contribution < -0.4 is 0 Å². The second-order valence-corrected chi connectivity index (χ2v) is 3.81. The molecular weight excluding hydrogens is 160 g/mol. The van der Waals surface area contributed by atoms with Gasteiger partial charge in [-0.05, 0) is 25.0 Å². The average Bonchev–Trinajstić information content (AvgIpc) is 1.98. The van der Waals surface area contributed by atoms with E-state index >= 15 is 0 Å². The van der Waals surface area contributed by atoms with Gasteiger partial charge in [0.25, 0.3) is 0 Å². The smallest absolute Gasteiger partial charge is 0.00141 e. The third-order valence-corrected chi connectivity index (χ3v) is 2.61. The molecule has 0 nitrogen and oxygen atoms in total. The molecule has 0 aromatic rings. The van der Waals surface area contributed by atoms with Gasteiger partial charge in [0.2, 0.25) is 0 Å². The lowest BCUT2D eigenvalue weighted by Crippen LogP contribution is -1.95. The number of hydrogen-bond donors (Lipinski definition) is 2. The Morgan fingerprint density at radius 3 is 2.40 bits per heavy atom. The molecular formula is C8H18S2. The quantitative estimate of drug-likeness (QED) is 0.453. The van der Waals surface area contributed by atoms with Gasteiger partial charge in [-0.25, -0.2) is 0 Å². The van der Waals surface area contributed by atoms with Crippen molar-refractivity contribution in [2.45, 2.75) is 44.3 Å². The Morgan fingerprint density at radius 1 is 1.20 bits per heavy atom. The van der Waals surface area contributed by atoms with Crippen LogP contribution >= 0.6 is 25.3 Å². The first-order chi connectivity index (χ1) is 4.81. The Labute approximate surface area is 75.6 Å². The van der Waals surface area contributed by atoms with Crippen molar-refractivity contribution in [3.63, 3.8) is 0 Å². The highest BCUT2D eigenvalue weighted by Crippen LogP contribution is 2.11. The van der Waals surface area contributed by atoms with Gasteiger partial charge in [0.1, 0.15) is 0 Å². The van der Waals surface area contributed by atoms with E-state index in [2.05, 4.69) is 32.2 Å². The third kappa shape index (κ3) is 6.81. The average molecular weight is 178 g/mol. The third-order valence-electron chi connectivity index (χ3n) is 1.67. The Balaban J connectivity index is 2.89. The highest BCUT2D eigenvalue weighted by Gasteiger charge is 1.97. The molecule has 0 amide bonds. The van der Waals surface area contributed by atoms with Gasteiger partial charge in [0, 0.05) is 5.25 Å². The Morgan fingerprint density at radius 2 is 1.90 bits per heavy atom. The van der Waals surface area contributed by atoms with E-state index in [0.717, 1.165) is 5.75 Å². The van der Waals surface area contributed by atoms with Crippen LogP contribution in [0.1, 0.15) is 39.0 Å². The van der Waals surface area contributed by atoms with Gasteiger partial charge in [-0.1, -0.05) is 19.8 Å². The molecule has 0 aliphatic heterocycles. The maximum absolute atomic E-state index is 4.41. The van der Waals surface area contributed by atoms with Gasteiger partial charge in [0.15, 0.2) is 0 Å². The van der Waals surface area contributed by atoms with E-state index in [9.17, 15) is 0 Å². The largest absolute Gasteiger partial charge is 0.179 e. The predicted octanol–water partition coefficient (Wildman–Crippen LogP) is 3.19. The van der Waals surface area contributed by atoms with Crippen molar-refractivity contribution in [3.05, 3.63) is 0 Å². The second-order valence-electron chi connectivity index (χ2n) is 2.64. The fourth-order valence-corrected chi connectivity index (χ4v) is 1.28. The van der Waals surface area contributed by atoms with Gasteiger partial charge >= 0.3 is 0 Å². The molecule has 0 bridgehead atoms. The van der Waals surface area contributed by atoms with Crippen molar-refractivity contribution in [2.75, 3.05) is 5.75 Å². The van der Waals surface area contributed by atoms with Crippen LogP contribution in [0.25, 0.3) is 0 Å². The van der Waals surface area contributed by atoms with Gasteiger partial charge in [0.05, 0.1) is 0 Å². The molecule has 0 spiro atoms. The Kier molecular flexibility index (Phi) is 8.35. The molecule has 0 saturated carbocycles. The molecule has 0 aromatic carbocycles. The maximum Gasteiger partial charge on any atom is 0.00141 e. The first-order valence-corrected chi connectivity index (χ1v) is 5.25. The van der Waals surface area contributed by atoms with Gasteiger partial charge in [-0.2, -0.15) is 25.3 Å². The molecule has 10 heavy (non-hydrogen) atoms. The van der Waals surface area contributed by atoms with Crippen LogP contribution in [-0.2, 0) is 0 Å². The van der Waals surface area contributed by atoms with E-state index in [0.29, 0.717) is 5.25 Å². The molecule has 0 fully saturated rings. The molecule has 0 radical (unpaired) electrons. The number of unbranched alkanes of at least 4 members (excludes halogenated alkanes) is 2. The van der Waals surface area contributed by atoms with E-state index in [1.54, 1.807) is 0 Å². The van der Waals surface area contributed by atoms with Crippen LogP contribution in [0.5, 0.6) is 0 Å². The number of thiol groups is 2. The van der Waals surface area contributed by atoms with Crippen molar-refractivity contribution < 1.29 is 0 Å². The van der Waals surface area contributed by atoms with Gasteiger partial charge in [-0.15, -0.1) is 0 Å². The lowest BCUT2D eigenvalue weighted by Gasteiger charge is -2.05. The molecule has 1 unspecified atom stereocenters. The minimum atomic E-state index is 0.625. The number of rotatable bonds is 6.